The van der Waals surface area contributed by atoms with E-state index in [1.54, 1.807) is 0 Å². The number of likely N-dealkylation sites (N-methyl/N-ethyl adjacent to an activating group) is 1. The van der Waals surface area contributed by atoms with Crippen LogP contribution in [0.2, 0.25) is 0 Å². The van der Waals surface area contributed by atoms with Crippen LogP contribution in [-0.4, -0.2) is 47.7 Å². The molecule has 1 N–H and O–H groups in total. The Morgan fingerprint density at radius 3 is 2.89 bits per heavy atom. The minimum absolute atomic E-state index is 0.655. The number of anilines is 1. The van der Waals surface area contributed by atoms with Gasteiger partial charge in [-0.2, -0.15) is 4.98 Å². The second-order valence-corrected chi connectivity index (χ2v) is 4.73. The smallest absolute Gasteiger partial charge is 0.218 e. The molecule has 1 aromatic heterocycles. The van der Waals surface area contributed by atoms with Crippen molar-refractivity contribution in [3.63, 3.8) is 0 Å². The minimum atomic E-state index is 0.655. The number of ether oxygens (including phenoxy) is 1. The van der Waals surface area contributed by atoms with Crippen LogP contribution in [-0.2, 0) is 0 Å². The predicted octanol–water partition coefficient (Wildman–Crippen LogP) is 1.69. The lowest BCUT2D eigenvalue weighted by Gasteiger charge is -2.15. The van der Waals surface area contributed by atoms with Crippen molar-refractivity contribution in [3.8, 4) is 5.88 Å². The molecule has 1 heterocycles. The fraction of sp³-hybridized carbons (Fsp3) is 0.692. The maximum Gasteiger partial charge on any atom is 0.218 e. The molecule has 0 aromatic carbocycles. The molecular formula is C13H22N4O. The van der Waals surface area contributed by atoms with Gasteiger partial charge in [-0.3, -0.25) is 0 Å². The molecule has 0 amide bonds. The molecule has 0 spiro atoms. The average molecular weight is 250 g/mol. The van der Waals surface area contributed by atoms with Crippen molar-refractivity contribution < 1.29 is 4.74 Å². The van der Waals surface area contributed by atoms with Crippen molar-refractivity contribution in [2.24, 2.45) is 0 Å². The van der Waals surface area contributed by atoms with Crippen LogP contribution in [0.5, 0.6) is 5.88 Å². The van der Waals surface area contributed by atoms with Gasteiger partial charge >= 0.3 is 0 Å². The molecule has 5 nitrogen and oxygen atoms in total. The highest BCUT2D eigenvalue weighted by Crippen LogP contribution is 2.24. The number of nitrogens with zero attached hydrogens (tertiary/aromatic N) is 3. The van der Waals surface area contributed by atoms with E-state index in [0.717, 1.165) is 30.8 Å². The van der Waals surface area contributed by atoms with Crippen molar-refractivity contribution in [2.75, 3.05) is 32.1 Å². The Bertz CT molecular complexity index is 393. The van der Waals surface area contributed by atoms with Crippen molar-refractivity contribution in [3.05, 3.63) is 11.9 Å². The Morgan fingerprint density at radius 2 is 2.22 bits per heavy atom. The van der Waals surface area contributed by atoms with Crippen LogP contribution in [0.1, 0.15) is 25.6 Å². The minimum Gasteiger partial charge on any atom is -0.476 e. The first-order valence-electron chi connectivity index (χ1n) is 6.61. The van der Waals surface area contributed by atoms with E-state index in [1.807, 2.05) is 19.9 Å². The maximum absolute atomic E-state index is 5.69. The van der Waals surface area contributed by atoms with Gasteiger partial charge in [0, 0.05) is 25.2 Å². The summed E-state index contributed by atoms with van der Waals surface area (Å²) in [5, 5.41) is 3.17. The molecule has 1 fully saturated rings. The van der Waals surface area contributed by atoms with Crippen molar-refractivity contribution >= 4 is 5.82 Å². The Balaban J connectivity index is 1.83. The lowest BCUT2D eigenvalue weighted by atomic mass is 10.5. The van der Waals surface area contributed by atoms with E-state index in [2.05, 4.69) is 27.2 Å². The second-order valence-electron chi connectivity index (χ2n) is 4.73. The van der Waals surface area contributed by atoms with E-state index in [-0.39, 0.29) is 0 Å². The standard InChI is InChI=1S/C13H22N4O/c1-4-14-12-9-13(16-10(2)15-12)18-8-7-17(3)11-5-6-11/h9,11H,4-8H2,1-3H3,(H,14,15,16). The predicted molar refractivity (Wildman–Crippen MR) is 72.1 cm³/mol. The van der Waals surface area contributed by atoms with Gasteiger partial charge in [-0.15, -0.1) is 0 Å². The number of nitrogens with one attached hydrogen (secondary N) is 1. The molecule has 0 radical (unpaired) electrons. The SMILES string of the molecule is CCNc1cc(OCCN(C)C2CC2)nc(C)n1. The van der Waals surface area contributed by atoms with Crippen LogP contribution in [0.15, 0.2) is 6.07 Å². The highest BCUT2D eigenvalue weighted by atomic mass is 16.5. The lowest BCUT2D eigenvalue weighted by Crippen LogP contribution is -2.26. The molecular weight excluding hydrogens is 228 g/mol. The summed E-state index contributed by atoms with van der Waals surface area (Å²) in [4.78, 5) is 10.9. The van der Waals surface area contributed by atoms with Crippen molar-refractivity contribution in [1.82, 2.24) is 14.9 Å². The summed E-state index contributed by atoms with van der Waals surface area (Å²) in [6.07, 6.45) is 2.65. The quantitative estimate of drug-likeness (QED) is 0.798. The Labute approximate surface area is 109 Å². The first kappa shape index (κ1) is 13.1. The molecule has 18 heavy (non-hydrogen) atoms. The molecule has 5 heteroatoms. The number of rotatable bonds is 7. The van der Waals surface area contributed by atoms with Gasteiger partial charge in [0.2, 0.25) is 5.88 Å². The third kappa shape index (κ3) is 3.84. The van der Waals surface area contributed by atoms with E-state index in [0.29, 0.717) is 12.5 Å². The van der Waals surface area contributed by atoms with E-state index < -0.39 is 0 Å². The fourth-order valence-electron chi connectivity index (χ4n) is 1.88. The third-order valence-electron chi connectivity index (χ3n) is 3.04. The highest BCUT2D eigenvalue weighted by Gasteiger charge is 2.25. The van der Waals surface area contributed by atoms with Gasteiger partial charge in [0.15, 0.2) is 0 Å². The zero-order valence-corrected chi connectivity index (χ0v) is 11.4. The zero-order chi connectivity index (χ0) is 13.0. The number of hydrogen-bond donors (Lipinski definition) is 1. The Morgan fingerprint density at radius 1 is 1.44 bits per heavy atom. The van der Waals surface area contributed by atoms with Crippen LogP contribution in [0.25, 0.3) is 0 Å². The van der Waals surface area contributed by atoms with Gasteiger partial charge in [0.1, 0.15) is 18.2 Å². The summed E-state index contributed by atoms with van der Waals surface area (Å²) in [5.74, 6) is 2.22. The monoisotopic (exact) mass is 250 g/mol. The molecule has 1 aliphatic rings. The first-order chi connectivity index (χ1) is 8.69. The molecule has 1 aromatic rings. The van der Waals surface area contributed by atoms with Gasteiger partial charge in [-0.05, 0) is 33.7 Å². The van der Waals surface area contributed by atoms with Crippen LogP contribution >= 0.6 is 0 Å². The summed E-state index contributed by atoms with van der Waals surface area (Å²) in [7, 11) is 2.15. The highest BCUT2D eigenvalue weighted by molar-refractivity contribution is 5.38. The molecule has 0 saturated heterocycles. The van der Waals surface area contributed by atoms with Crippen molar-refractivity contribution in [1.29, 1.82) is 0 Å². The molecule has 2 rings (SSSR count). The molecule has 0 bridgehead atoms. The molecule has 0 unspecified atom stereocenters. The summed E-state index contributed by atoms with van der Waals surface area (Å²) in [6, 6.07) is 2.63. The molecule has 0 atom stereocenters. The average Bonchev–Trinajstić information content (AvgIpc) is 3.12. The number of aryl methyl sites for hydroxylation is 1. The second kappa shape index (κ2) is 6.00. The summed E-state index contributed by atoms with van der Waals surface area (Å²) in [5.41, 5.74) is 0. The van der Waals surface area contributed by atoms with Crippen LogP contribution < -0.4 is 10.1 Å². The molecule has 100 valence electrons. The van der Waals surface area contributed by atoms with Gasteiger partial charge in [-0.25, -0.2) is 4.98 Å². The molecule has 0 aliphatic heterocycles. The van der Waals surface area contributed by atoms with Crippen molar-refractivity contribution in [2.45, 2.75) is 32.7 Å². The lowest BCUT2D eigenvalue weighted by molar-refractivity contribution is 0.226. The Hall–Kier alpha value is -1.36. The Kier molecular flexibility index (Phi) is 4.36. The van der Waals surface area contributed by atoms with E-state index in [1.165, 1.54) is 12.8 Å². The summed E-state index contributed by atoms with van der Waals surface area (Å²) in [6.45, 7) is 6.40. The van der Waals surface area contributed by atoms with Gasteiger partial charge < -0.3 is 15.0 Å². The normalized spacial score (nSPS) is 14.9. The largest absolute Gasteiger partial charge is 0.476 e. The van der Waals surface area contributed by atoms with Gasteiger partial charge in [0.05, 0.1) is 0 Å². The molecule has 1 saturated carbocycles. The number of aromatic nitrogens is 2. The van der Waals surface area contributed by atoms with E-state index in [4.69, 9.17) is 4.74 Å². The molecule has 1 aliphatic carbocycles. The number of hydrogen-bond acceptors (Lipinski definition) is 5. The van der Waals surface area contributed by atoms with E-state index in [9.17, 15) is 0 Å². The van der Waals surface area contributed by atoms with Crippen LogP contribution in [0.4, 0.5) is 5.82 Å². The van der Waals surface area contributed by atoms with Crippen LogP contribution in [0.3, 0.4) is 0 Å². The maximum atomic E-state index is 5.69. The van der Waals surface area contributed by atoms with E-state index >= 15 is 0 Å². The fourth-order valence-corrected chi connectivity index (χ4v) is 1.88. The first-order valence-corrected chi connectivity index (χ1v) is 6.61. The summed E-state index contributed by atoms with van der Waals surface area (Å²) < 4.78 is 5.69. The van der Waals surface area contributed by atoms with Gasteiger partial charge in [0.25, 0.3) is 0 Å². The van der Waals surface area contributed by atoms with Crippen LogP contribution in [0, 0.1) is 6.92 Å². The third-order valence-corrected chi connectivity index (χ3v) is 3.04. The zero-order valence-electron chi connectivity index (χ0n) is 11.4. The van der Waals surface area contributed by atoms with Gasteiger partial charge in [-0.1, -0.05) is 0 Å². The topological polar surface area (TPSA) is 50.3 Å². The summed E-state index contributed by atoms with van der Waals surface area (Å²) >= 11 is 0.